The second-order valence-corrected chi connectivity index (χ2v) is 10.7. The topological polar surface area (TPSA) is 122 Å². The molecule has 2 aliphatic heterocycles. The van der Waals surface area contributed by atoms with Crippen LogP contribution in [0.4, 0.5) is 20.7 Å². The van der Waals surface area contributed by atoms with Crippen LogP contribution in [0.3, 0.4) is 0 Å². The predicted octanol–water partition coefficient (Wildman–Crippen LogP) is 2.70. The van der Waals surface area contributed by atoms with Gasteiger partial charge in [-0.25, -0.2) is 13.8 Å². The van der Waals surface area contributed by atoms with Crippen molar-refractivity contribution in [2.75, 3.05) is 74.2 Å². The largest absolute Gasteiger partial charge is 0.378 e. The molecular weight excluding hydrogens is 616 g/mol. The second kappa shape index (κ2) is 14.1. The van der Waals surface area contributed by atoms with Gasteiger partial charge in [0, 0.05) is 52.2 Å². The number of benzene rings is 1. The van der Waals surface area contributed by atoms with Crippen molar-refractivity contribution in [3.63, 3.8) is 0 Å². The molecule has 2 amide bonds. The van der Waals surface area contributed by atoms with Crippen molar-refractivity contribution in [1.29, 1.82) is 0 Å². The number of hydrogen-bond donors (Lipinski definition) is 1. The van der Waals surface area contributed by atoms with Gasteiger partial charge in [-0.3, -0.25) is 14.2 Å². The van der Waals surface area contributed by atoms with Crippen LogP contribution in [0.25, 0.3) is 17.0 Å². The summed E-state index contributed by atoms with van der Waals surface area (Å²) in [6.45, 7) is 4.78. The highest BCUT2D eigenvalue weighted by molar-refractivity contribution is 9.09. The molecule has 2 aromatic heterocycles. The van der Waals surface area contributed by atoms with Crippen LogP contribution < -0.4 is 15.1 Å². The minimum atomic E-state index is -2.83. The number of unbranched alkanes of at least 4 members (excludes halogenated alkanes) is 2. The number of carbonyl (C=O) groups excluding carboxylic acids is 2. The van der Waals surface area contributed by atoms with E-state index in [-0.39, 0.29) is 23.1 Å². The van der Waals surface area contributed by atoms with E-state index >= 15 is 0 Å². The number of anilines is 2. The molecule has 42 heavy (non-hydrogen) atoms. The minimum absolute atomic E-state index is 0.0425. The first kappa shape index (κ1) is 30.0. The number of piperazine rings is 1. The number of aromatic nitrogens is 5. The average Bonchev–Trinajstić information content (AvgIpc) is 3.43. The first-order valence-electron chi connectivity index (χ1n) is 14.1. The fourth-order valence-corrected chi connectivity index (χ4v) is 5.26. The third-order valence-electron chi connectivity index (χ3n) is 7.30. The Morgan fingerprint density at radius 1 is 0.881 bits per heavy atom. The zero-order valence-electron chi connectivity index (χ0n) is 23.2. The maximum absolute atomic E-state index is 14.1. The van der Waals surface area contributed by atoms with Crippen molar-refractivity contribution >= 4 is 50.7 Å². The van der Waals surface area contributed by atoms with E-state index in [2.05, 4.69) is 36.2 Å². The van der Waals surface area contributed by atoms with E-state index in [1.165, 1.54) is 4.57 Å². The number of nitrogens with one attached hydrogen (secondary N) is 1. The summed E-state index contributed by atoms with van der Waals surface area (Å²) in [6.07, 6.45) is 0.0662. The van der Waals surface area contributed by atoms with E-state index in [9.17, 15) is 18.4 Å². The Hall–Kier alpha value is -3.46. The summed E-state index contributed by atoms with van der Waals surface area (Å²) < 4.78 is 35.0. The molecule has 2 aliphatic rings. The van der Waals surface area contributed by atoms with Crippen LogP contribution in [0.1, 0.15) is 37.9 Å². The molecule has 0 saturated carbocycles. The quantitative estimate of drug-likeness (QED) is 0.247. The molecular formula is C27H34BrF2N9O3. The Morgan fingerprint density at radius 2 is 1.55 bits per heavy atom. The highest BCUT2D eigenvalue weighted by Crippen LogP contribution is 2.28. The Balaban J connectivity index is 1.30. The summed E-state index contributed by atoms with van der Waals surface area (Å²) in [5, 5.41) is 3.09. The lowest BCUT2D eigenvalue weighted by Gasteiger charge is -2.35. The van der Waals surface area contributed by atoms with Crippen molar-refractivity contribution in [2.24, 2.45) is 0 Å². The van der Waals surface area contributed by atoms with Gasteiger partial charge in [-0.2, -0.15) is 15.0 Å². The number of hydrogen-bond acceptors (Lipinski definition) is 9. The van der Waals surface area contributed by atoms with Crippen LogP contribution >= 0.6 is 15.9 Å². The lowest BCUT2D eigenvalue weighted by atomic mass is 10.1. The molecule has 0 bridgehead atoms. The summed E-state index contributed by atoms with van der Waals surface area (Å²) in [7, 11) is 0. The first-order valence-corrected chi connectivity index (χ1v) is 15.3. The molecule has 2 saturated heterocycles. The van der Waals surface area contributed by atoms with Crippen molar-refractivity contribution in [3.05, 3.63) is 30.1 Å². The van der Waals surface area contributed by atoms with Gasteiger partial charge in [0.05, 0.1) is 29.6 Å². The number of fused-ring (bicyclic) bond motifs is 1. The van der Waals surface area contributed by atoms with Gasteiger partial charge in [-0.15, -0.1) is 0 Å². The van der Waals surface area contributed by atoms with Gasteiger partial charge in [0.1, 0.15) is 0 Å². The van der Waals surface area contributed by atoms with Crippen LogP contribution in [-0.2, 0) is 14.3 Å². The van der Waals surface area contributed by atoms with Gasteiger partial charge in [0.2, 0.25) is 29.7 Å². The van der Waals surface area contributed by atoms with Crippen molar-refractivity contribution in [1.82, 2.24) is 34.7 Å². The Labute approximate surface area is 250 Å². The number of rotatable bonds is 11. The van der Waals surface area contributed by atoms with Crippen LogP contribution in [0.5, 0.6) is 0 Å². The Kier molecular flexibility index (Phi) is 10.1. The van der Waals surface area contributed by atoms with Gasteiger partial charge in [-0.05, 0) is 25.0 Å². The minimum Gasteiger partial charge on any atom is -0.378 e. The standard InChI is InChI=1S/C27H34BrF2N9O3/c28-18-21(40)31-9-5-1-2-8-22(41)36-10-12-37(13-11-36)25-33-26(38-14-16-42-17-15-38)35-27(34-25)39-20-7-4-3-6-19(20)32-24(39)23(29)30/h3-4,6-7,23H,1-2,5,8-18H2,(H,31,40). The van der Waals surface area contributed by atoms with E-state index in [1.54, 1.807) is 24.3 Å². The highest BCUT2D eigenvalue weighted by Gasteiger charge is 2.27. The molecule has 0 aliphatic carbocycles. The van der Waals surface area contributed by atoms with Crippen LogP contribution in [0, 0.1) is 0 Å². The van der Waals surface area contributed by atoms with E-state index in [0.29, 0.717) is 88.4 Å². The number of alkyl halides is 3. The van der Waals surface area contributed by atoms with E-state index < -0.39 is 12.2 Å². The molecule has 12 nitrogen and oxygen atoms in total. The van der Waals surface area contributed by atoms with Crippen molar-refractivity contribution in [2.45, 2.75) is 32.1 Å². The number of carbonyl (C=O) groups is 2. The summed E-state index contributed by atoms with van der Waals surface area (Å²) in [4.78, 5) is 48.0. The fraction of sp³-hybridized carbons (Fsp3) is 0.556. The van der Waals surface area contributed by atoms with E-state index in [4.69, 9.17) is 9.72 Å². The summed E-state index contributed by atoms with van der Waals surface area (Å²) >= 11 is 3.12. The molecule has 4 heterocycles. The third kappa shape index (κ3) is 7.12. The Bertz CT molecular complexity index is 1380. The average molecular weight is 651 g/mol. The molecule has 0 radical (unpaired) electrons. The molecule has 2 fully saturated rings. The summed E-state index contributed by atoms with van der Waals surface area (Å²) in [5.74, 6) is 0.466. The van der Waals surface area contributed by atoms with Gasteiger partial charge in [-0.1, -0.05) is 34.5 Å². The smallest absolute Gasteiger partial charge is 0.296 e. The summed E-state index contributed by atoms with van der Waals surface area (Å²) in [6, 6.07) is 6.91. The molecule has 1 aromatic carbocycles. The van der Waals surface area contributed by atoms with Crippen molar-refractivity contribution in [3.8, 4) is 5.95 Å². The maximum Gasteiger partial charge on any atom is 0.296 e. The van der Waals surface area contributed by atoms with Gasteiger partial charge < -0.3 is 24.8 Å². The number of morpholine rings is 1. The monoisotopic (exact) mass is 649 g/mol. The molecule has 0 unspecified atom stereocenters. The van der Waals surface area contributed by atoms with Gasteiger partial charge >= 0.3 is 0 Å². The number of amides is 2. The summed E-state index contributed by atoms with van der Waals surface area (Å²) in [5.41, 5.74) is 0.914. The van der Waals surface area contributed by atoms with Gasteiger partial charge in [0.25, 0.3) is 6.43 Å². The third-order valence-corrected chi connectivity index (χ3v) is 7.81. The number of nitrogens with zero attached hydrogens (tertiary/aromatic N) is 8. The number of imidazole rings is 1. The Morgan fingerprint density at radius 3 is 2.24 bits per heavy atom. The van der Waals surface area contributed by atoms with E-state index in [1.807, 2.05) is 14.7 Å². The lowest BCUT2D eigenvalue weighted by molar-refractivity contribution is -0.131. The SMILES string of the molecule is O=C(CBr)NCCCCCC(=O)N1CCN(c2nc(N3CCOCC3)nc(-n3c(C(F)F)nc4ccccc43)n2)CC1. The molecule has 15 heteroatoms. The van der Waals surface area contributed by atoms with Crippen LogP contribution in [0.15, 0.2) is 24.3 Å². The second-order valence-electron chi connectivity index (χ2n) is 10.1. The lowest BCUT2D eigenvalue weighted by Crippen LogP contribution is -2.49. The van der Waals surface area contributed by atoms with Crippen molar-refractivity contribution < 1.29 is 23.1 Å². The fourth-order valence-electron chi connectivity index (χ4n) is 5.06. The predicted molar refractivity (Wildman–Crippen MR) is 157 cm³/mol. The first-order chi connectivity index (χ1) is 20.4. The normalized spacial score (nSPS) is 16.0. The molecule has 226 valence electrons. The number of halogens is 3. The number of ether oxygens (including phenoxy) is 1. The molecule has 0 atom stereocenters. The molecule has 5 rings (SSSR count). The zero-order chi connectivity index (χ0) is 29.5. The zero-order valence-corrected chi connectivity index (χ0v) is 24.8. The number of para-hydroxylation sites is 2. The molecule has 1 N–H and O–H groups in total. The maximum atomic E-state index is 14.1. The highest BCUT2D eigenvalue weighted by atomic mass is 79.9. The van der Waals surface area contributed by atoms with Gasteiger partial charge in [0.15, 0.2) is 5.82 Å². The molecule has 3 aromatic rings. The van der Waals surface area contributed by atoms with Crippen LogP contribution in [0.2, 0.25) is 0 Å². The molecule has 0 spiro atoms. The van der Waals surface area contributed by atoms with Crippen LogP contribution in [-0.4, -0.2) is 106 Å². The van der Waals surface area contributed by atoms with E-state index in [0.717, 1.165) is 19.3 Å².